The Labute approximate surface area is 318 Å². The maximum atomic E-state index is 10.0. The number of hydrogen-bond acceptors (Lipinski definition) is 1. The van der Waals surface area contributed by atoms with E-state index < -0.39 is 5.41 Å². The molecule has 0 N–H and O–H groups in total. The van der Waals surface area contributed by atoms with Gasteiger partial charge in [-0.1, -0.05) is 104 Å². The summed E-state index contributed by atoms with van der Waals surface area (Å²) in [4.78, 5) is 2.16. The van der Waals surface area contributed by atoms with Crippen molar-refractivity contribution in [2.24, 2.45) is 23.7 Å². The number of anilines is 3. The predicted octanol–water partition coefficient (Wildman–Crippen LogP) is 13.6. The fourth-order valence-electron chi connectivity index (χ4n) is 12.6. The Morgan fingerprint density at radius 2 is 0.980 bits per heavy atom. The van der Waals surface area contributed by atoms with Crippen molar-refractivity contribution >= 4 is 17.1 Å². The number of benzene rings is 4. The Kier molecular flexibility index (Phi) is 5.24. The molecule has 264 valence electrons. The molecule has 4 bridgehead atoms. The zero-order valence-electron chi connectivity index (χ0n) is 39.1. The van der Waals surface area contributed by atoms with Crippen molar-refractivity contribution in [2.45, 2.75) is 140 Å². The minimum atomic E-state index is -0.806. The van der Waals surface area contributed by atoms with Crippen LogP contribution < -0.4 is 4.90 Å². The van der Waals surface area contributed by atoms with E-state index in [1.165, 1.54) is 28.7 Å². The zero-order chi connectivity index (χ0) is 41.4. The lowest BCUT2D eigenvalue weighted by Crippen LogP contribution is -2.55. The first kappa shape index (κ1) is 25.6. The van der Waals surface area contributed by atoms with E-state index >= 15 is 0 Å². The second-order valence-electron chi connectivity index (χ2n) is 20.2. The number of nitrogens with zero attached hydrogens (tertiary/aromatic N) is 1. The van der Waals surface area contributed by atoms with Gasteiger partial charge in [0.15, 0.2) is 0 Å². The standard InChI is InChI=1S/C50H59N/c1-46(2)20-22-48(5,6)42-29-35(16-18-39(42)46)51(36-17-19-40-43(30-36)49(7,8)23-21-47(40,3)4)44-15-11-14-41-45(44)37-12-9-10-13-38(37)50(41)33-25-31-24-32(27-33)28-34(50)26-31/h9-19,29-34H,20-28H2,1-8H3/i9D,10D,11D,12D,13D,14D,15D. The van der Waals surface area contributed by atoms with Gasteiger partial charge >= 0.3 is 0 Å². The lowest BCUT2D eigenvalue weighted by atomic mass is 9.43. The highest BCUT2D eigenvalue weighted by Gasteiger charge is 2.62. The molecule has 1 heteroatoms. The lowest BCUT2D eigenvalue weighted by molar-refractivity contribution is -0.0399. The third-order valence-corrected chi connectivity index (χ3v) is 15.5. The number of rotatable bonds is 3. The Balaban J connectivity index is 1.35. The van der Waals surface area contributed by atoms with Gasteiger partial charge in [0, 0.05) is 22.4 Å². The van der Waals surface area contributed by atoms with Crippen LogP contribution in [0.5, 0.6) is 0 Å². The molecular weight excluding hydrogens is 615 g/mol. The molecule has 11 rings (SSSR count). The van der Waals surface area contributed by atoms with E-state index in [1.807, 2.05) is 0 Å². The van der Waals surface area contributed by atoms with Crippen LogP contribution in [0, 0.1) is 23.7 Å². The first-order valence-electron chi connectivity index (χ1n) is 23.5. The van der Waals surface area contributed by atoms with Gasteiger partial charge in [-0.05, 0) is 172 Å². The number of fused-ring (bicyclic) bond motifs is 5. The van der Waals surface area contributed by atoms with Gasteiger partial charge < -0.3 is 4.90 Å². The lowest BCUT2D eigenvalue weighted by Gasteiger charge is -2.61. The first-order chi connectivity index (χ1) is 27.1. The molecule has 7 aliphatic carbocycles. The van der Waals surface area contributed by atoms with E-state index in [-0.39, 0.29) is 75.8 Å². The van der Waals surface area contributed by atoms with Gasteiger partial charge in [-0.25, -0.2) is 0 Å². The highest BCUT2D eigenvalue weighted by Crippen LogP contribution is 2.70. The molecule has 4 saturated carbocycles. The average Bonchev–Trinajstić information content (AvgIpc) is 3.48. The third-order valence-electron chi connectivity index (χ3n) is 15.5. The van der Waals surface area contributed by atoms with Crippen LogP contribution in [-0.4, -0.2) is 0 Å². The van der Waals surface area contributed by atoms with Crippen LogP contribution in [-0.2, 0) is 27.1 Å². The van der Waals surface area contributed by atoms with Crippen LogP contribution in [0.2, 0.25) is 0 Å². The molecule has 1 nitrogen and oxygen atoms in total. The smallest absolute Gasteiger partial charge is 0.0645 e. The first-order valence-corrected chi connectivity index (χ1v) is 20.0. The highest BCUT2D eigenvalue weighted by atomic mass is 15.1. The van der Waals surface area contributed by atoms with Crippen LogP contribution >= 0.6 is 0 Å². The second-order valence-corrected chi connectivity index (χ2v) is 20.2. The molecule has 0 radical (unpaired) electrons. The van der Waals surface area contributed by atoms with Gasteiger partial charge in [0.2, 0.25) is 0 Å². The van der Waals surface area contributed by atoms with E-state index in [4.69, 9.17) is 2.74 Å². The van der Waals surface area contributed by atoms with E-state index in [1.54, 1.807) is 0 Å². The van der Waals surface area contributed by atoms with Crippen LogP contribution in [0.4, 0.5) is 17.1 Å². The molecule has 0 atom stereocenters. The predicted molar refractivity (Wildman–Crippen MR) is 215 cm³/mol. The SMILES string of the molecule is [2H]c1c([2H])c([2H])c2c(c1[2H])-c1c(N(c3ccc4c(c3)C(C)(C)CCC4(C)C)c3ccc4c(c3)C(C)(C)CCC4(C)C)c([2H])c([2H])c([2H])c1C21C2CC3CC(C2)CC1C3. The molecule has 51 heavy (non-hydrogen) atoms. The van der Waals surface area contributed by atoms with Crippen molar-refractivity contribution in [3.05, 3.63) is 112 Å². The maximum Gasteiger partial charge on any atom is 0.0645 e. The average molecular weight is 681 g/mol. The van der Waals surface area contributed by atoms with Crippen molar-refractivity contribution in [3.63, 3.8) is 0 Å². The van der Waals surface area contributed by atoms with Gasteiger partial charge in [-0.2, -0.15) is 0 Å². The molecule has 0 unspecified atom stereocenters. The highest BCUT2D eigenvalue weighted by molar-refractivity contribution is 5.95. The van der Waals surface area contributed by atoms with Gasteiger partial charge in [0.25, 0.3) is 0 Å². The van der Waals surface area contributed by atoms with E-state index in [9.17, 15) is 6.85 Å². The molecule has 1 spiro atoms. The monoisotopic (exact) mass is 681 g/mol. The molecule has 4 aromatic carbocycles. The fraction of sp³-hybridized carbons (Fsp3) is 0.520. The van der Waals surface area contributed by atoms with E-state index in [2.05, 4.69) is 96.7 Å². The summed E-state index contributed by atoms with van der Waals surface area (Å²) < 4.78 is 67.1. The summed E-state index contributed by atoms with van der Waals surface area (Å²) in [6.07, 6.45) is 9.33. The van der Waals surface area contributed by atoms with E-state index in [0.29, 0.717) is 39.8 Å². The molecule has 7 aliphatic rings. The Morgan fingerprint density at radius 3 is 1.51 bits per heavy atom. The minimum absolute atomic E-state index is 0.00732. The topological polar surface area (TPSA) is 3.24 Å². The Hall–Kier alpha value is -3.32. The maximum absolute atomic E-state index is 10.0. The number of hydrogen-bond donors (Lipinski definition) is 0. The molecule has 0 saturated heterocycles. The molecule has 4 fully saturated rings. The van der Waals surface area contributed by atoms with Crippen molar-refractivity contribution in [1.82, 2.24) is 0 Å². The molecular formula is C50H59N. The van der Waals surface area contributed by atoms with Crippen LogP contribution in [0.25, 0.3) is 11.1 Å². The largest absolute Gasteiger partial charge is 0.310 e. The third kappa shape index (κ3) is 4.39. The summed E-state index contributed by atoms with van der Waals surface area (Å²) in [7, 11) is 0. The van der Waals surface area contributed by atoms with Crippen LogP contribution in [0.1, 0.15) is 156 Å². The summed E-state index contributed by atoms with van der Waals surface area (Å²) in [6, 6.07) is 12.7. The van der Waals surface area contributed by atoms with Crippen LogP contribution in [0.3, 0.4) is 0 Å². The fourth-order valence-corrected chi connectivity index (χ4v) is 12.6. The van der Waals surface area contributed by atoms with Gasteiger partial charge in [0.05, 0.1) is 15.3 Å². The summed E-state index contributed by atoms with van der Waals surface area (Å²) in [5.74, 6) is 1.39. The van der Waals surface area contributed by atoms with Crippen molar-refractivity contribution in [3.8, 4) is 11.1 Å². The minimum Gasteiger partial charge on any atom is -0.310 e. The van der Waals surface area contributed by atoms with Gasteiger partial charge in [-0.3, -0.25) is 0 Å². The molecule has 0 aliphatic heterocycles. The van der Waals surface area contributed by atoms with Crippen molar-refractivity contribution in [2.75, 3.05) is 4.90 Å². The Morgan fingerprint density at radius 1 is 0.510 bits per heavy atom. The van der Waals surface area contributed by atoms with Crippen molar-refractivity contribution < 1.29 is 9.60 Å². The summed E-state index contributed by atoms with van der Waals surface area (Å²) in [5, 5.41) is 0. The molecule has 0 heterocycles. The van der Waals surface area contributed by atoms with Gasteiger partial charge in [-0.15, -0.1) is 0 Å². The molecule has 0 aromatic heterocycles. The molecule has 4 aromatic rings. The summed E-state index contributed by atoms with van der Waals surface area (Å²) in [6.45, 7) is 18.6. The van der Waals surface area contributed by atoms with Crippen LogP contribution in [0.15, 0.2) is 78.7 Å². The summed E-state index contributed by atoms with van der Waals surface area (Å²) >= 11 is 0. The molecule has 0 amide bonds. The van der Waals surface area contributed by atoms with Gasteiger partial charge in [0.1, 0.15) is 0 Å². The zero-order valence-corrected chi connectivity index (χ0v) is 32.1. The van der Waals surface area contributed by atoms with Crippen molar-refractivity contribution in [1.29, 1.82) is 0 Å². The Bertz CT molecular complexity index is 2370. The second kappa shape index (κ2) is 10.4. The summed E-state index contributed by atoms with van der Waals surface area (Å²) in [5.41, 5.74) is 8.75. The normalized spacial score (nSPS) is 32.7. The van der Waals surface area contributed by atoms with E-state index in [0.717, 1.165) is 62.7 Å². The quantitative estimate of drug-likeness (QED) is 0.208.